The summed E-state index contributed by atoms with van der Waals surface area (Å²) in [6.45, 7) is 2.51. The molecule has 0 saturated carbocycles. The number of carbonyl (C=O) groups is 3. The Labute approximate surface area is 250 Å². The molecule has 2 aliphatic heterocycles. The normalized spacial score (nSPS) is 20.7. The van der Waals surface area contributed by atoms with Crippen LogP contribution in [0.3, 0.4) is 0 Å². The number of nitrogens with one attached hydrogen (secondary N) is 1. The Kier molecular flexibility index (Phi) is 8.77. The summed E-state index contributed by atoms with van der Waals surface area (Å²) in [4.78, 5) is 42.3. The van der Waals surface area contributed by atoms with E-state index in [9.17, 15) is 24.6 Å². The number of aliphatic hydroxyl groups is 2. The topological polar surface area (TPSA) is 110 Å². The molecule has 1 saturated heterocycles. The van der Waals surface area contributed by atoms with Crippen molar-refractivity contribution in [3.05, 3.63) is 107 Å². The van der Waals surface area contributed by atoms with E-state index in [1.165, 1.54) is 4.90 Å². The van der Waals surface area contributed by atoms with E-state index in [1.54, 1.807) is 78.6 Å². The maximum absolute atomic E-state index is 13.8. The van der Waals surface area contributed by atoms with E-state index in [-0.39, 0.29) is 37.4 Å². The van der Waals surface area contributed by atoms with Gasteiger partial charge in [-0.3, -0.25) is 14.4 Å². The number of hydrogen-bond donors (Lipinski definition) is 3. The number of aliphatic hydroxyl groups excluding tert-OH is 1. The summed E-state index contributed by atoms with van der Waals surface area (Å²) in [5, 5.41) is 24.7. The lowest BCUT2D eigenvalue weighted by Gasteiger charge is -2.28. The van der Waals surface area contributed by atoms with Crippen molar-refractivity contribution >= 4 is 40.7 Å². The highest BCUT2D eigenvalue weighted by Gasteiger charge is 2.52. The molecule has 42 heavy (non-hydrogen) atoms. The third kappa shape index (κ3) is 5.83. The zero-order chi connectivity index (χ0) is 29.9. The van der Waals surface area contributed by atoms with Crippen LogP contribution < -0.4 is 10.2 Å². The zero-order valence-electron chi connectivity index (χ0n) is 23.4. The molecule has 3 N–H and O–H groups in total. The van der Waals surface area contributed by atoms with Crippen molar-refractivity contribution in [1.82, 2.24) is 4.90 Å². The first-order valence-electron chi connectivity index (χ1n) is 14.1. The number of hydrogen-bond acceptors (Lipinski definition) is 5. The largest absolute Gasteiger partial charge is 0.394 e. The van der Waals surface area contributed by atoms with Crippen molar-refractivity contribution in [2.75, 3.05) is 23.4 Å². The molecule has 3 aromatic rings. The Morgan fingerprint density at radius 2 is 1.86 bits per heavy atom. The molecule has 2 heterocycles. The highest BCUT2D eigenvalue weighted by Crippen LogP contribution is 2.46. The van der Waals surface area contributed by atoms with Gasteiger partial charge in [0.2, 0.25) is 5.91 Å². The molecule has 0 aromatic heterocycles. The van der Waals surface area contributed by atoms with Crippen LogP contribution in [0.4, 0.5) is 11.4 Å². The number of benzene rings is 3. The smallest absolute Gasteiger partial charge is 0.264 e. The average molecular weight is 588 g/mol. The summed E-state index contributed by atoms with van der Waals surface area (Å²) < 4.78 is 0. The Morgan fingerprint density at radius 3 is 2.57 bits per heavy atom. The fourth-order valence-corrected chi connectivity index (χ4v) is 5.90. The highest BCUT2D eigenvalue weighted by molar-refractivity contribution is 6.31. The van der Waals surface area contributed by atoms with Crippen molar-refractivity contribution in [2.45, 2.75) is 44.4 Å². The van der Waals surface area contributed by atoms with Crippen LogP contribution in [-0.2, 0) is 21.7 Å². The highest BCUT2D eigenvalue weighted by atomic mass is 35.5. The fourth-order valence-electron chi connectivity index (χ4n) is 5.73. The van der Waals surface area contributed by atoms with Crippen LogP contribution in [0.15, 0.2) is 84.9 Å². The molecule has 2 aliphatic rings. The Morgan fingerprint density at radius 1 is 1.12 bits per heavy atom. The lowest BCUT2D eigenvalue weighted by molar-refractivity contribution is -0.139. The van der Waals surface area contributed by atoms with Crippen molar-refractivity contribution in [2.24, 2.45) is 5.92 Å². The number of likely N-dealkylation sites (tertiary alicyclic amines) is 1. The number of rotatable bonds is 9. The Balaban J connectivity index is 1.30. The van der Waals surface area contributed by atoms with Crippen molar-refractivity contribution < 1.29 is 24.6 Å². The molecular formula is C33H34ClN3O5. The zero-order valence-corrected chi connectivity index (χ0v) is 24.1. The second kappa shape index (κ2) is 12.5. The van der Waals surface area contributed by atoms with E-state index in [4.69, 9.17) is 11.6 Å². The maximum atomic E-state index is 13.8. The first-order valence-corrected chi connectivity index (χ1v) is 14.5. The first kappa shape index (κ1) is 29.5. The SMILES string of the molecule is C[C@@H](/C=C/CC(=O)N1CCC[C@H]1CO)[C@]1(O)C(=O)N(Cc2ccc(NC(=O)c3ccccc3)cc2)c2ccc(Cl)cc21. The van der Waals surface area contributed by atoms with Gasteiger partial charge in [0.15, 0.2) is 5.60 Å². The third-order valence-electron chi connectivity index (χ3n) is 8.10. The van der Waals surface area contributed by atoms with Gasteiger partial charge in [0.05, 0.1) is 24.9 Å². The van der Waals surface area contributed by atoms with E-state index in [2.05, 4.69) is 5.32 Å². The van der Waals surface area contributed by atoms with Crippen LogP contribution in [0.2, 0.25) is 5.02 Å². The van der Waals surface area contributed by atoms with E-state index in [0.29, 0.717) is 34.1 Å². The minimum atomic E-state index is -1.87. The van der Waals surface area contributed by atoms with Crippen LogP contribution >= 0.6 is 11.6 Å². The summed E-state index contributed by atoms with van der Waals surface area (Å²) in [7, 11) is 0. The van der Waals surface area contributed by atoms with Gasteiger partial charge in [-0.2, -0.15) is 0 Å². The predicted molar refractivity (Wildman–Crippen MR) is 162 cm³/mol. The van der Waals surface area contributed by atoms with Crippen LogP contribution in [0, 0.1) is 5.92 Å². The molecule has 3 aromatic carbocycles. The minimum absolute atomic E-state index is 0.0570. The molecule has 1 fully saturated rings. The number of nitrogens with zero attached hydrogens (tertiary/aromatic N) is 2. The van der Waals surface area contributed by atoms with Gasteiger partial charge in [-0.05, 0) is 60.9 Å². The van der Waals surface area contributed by atoms with Crippen molar-refractivity contribution in [1.29, 1.82) is 0 Å². The molecule has 218 valence electrons. The molecular weight excluding hydrogens is 554 g/mol. The number of carbonyl (C=O) groups excluding carboxylic acids is 3. The summed E-state index contributed by atoms with van der Waals surface area (Å²) in [5.41, 5.74) is 1.09. The Hall–Kier alpha value is -3.98. The first-order chi connectivity index (χ1) is 20.2. The molecule has 3 atom stereocenters. The molecule has 0 aliphatic carbocycles. The summed E-state index contributed by atoms with van der Waals surface area (Å²) in [6, 6.07) is 21.0. The molecule has 0 radical (unpaired) electrons. The quantitative estimate of drug-likeness (QED) is 0.309. The lowest BCUT2D eigenvalue weighted by Crippen LogP contribution is -2.44. The standard InChI is InChI=1S/C33H34ClN3O5/c1-22(7-5-11-30(39)36-18-6-10-27(36)21-38)33(42)28-19-25(34)14-17-29(28)37(32(33)41)20-23-12-15-26(16-13-23)35-31(40)24-8-3-2-4-9-24/h2-5,7-9,12-17,19,22,27,38,42H,6,10-11,18,20-21H2,1H3,(H,35,40)/b7-5+/t22-,27-,33+/m0/s1. The van der Waals surface area contributed by atoms with Gasteiger partial charge in [0.1, 0.15) is 0 Å². The third-order valence-corrected chi connectivity index (χ3v) is 8.34. The Bertz CT molecular complexity index is 1490. The van der Waals surface area contributed by atoms with Gasteiger partial charge in [-0.25, -0.2) is 0 Å². The van der Waals surface area contributed by atoms with Crippen LogP contribution in [0.5, 0.6) is 0 Å². The molecule has 8 nitrogen and oxygen atoms in total. The number of fused-ring (bicyclic) bond motifs is 1. The molecule has 0 spiro atoms. The van der Waals surface area contributed by atoms with E-state index < -0.39 is 17.4 Å². The fraction of sp³-hybridized carbons (Fsp3) is 0.303. The molecule has 5 rings (SSSR count). The number of amides is 3. The van der Waals surface area contributed by atoms with Crippen molar-refractivity contribution in [3.63, 3.8) is 0 Å². The van der Waals surface area contributed by atoms with E-state index >= 15 is 0 Å². The van der Waals surface area contributed by atoms with Crippen LogP contribution in [0.1, 0.15) is 47.7 Å². The van der Waals surface area contributed by atoms with Gasteiger partial charge in [-0.1, -0.05) is 61.0 Å². The molecule has 9 heteroatoms. The molecule has 0 bridgehead atoms. The van der Waals surface area contributed by atoms with Crippen LogP contribution in [-0.4, -0.2) is 52.0 Å². The summed E-state index contributed by atoms with van der Waals surface area (Å²) in [5.74, 6) is -1.44. The van der Waals surface area contributed by atoms with Gasteiger partial charge < -0.3 is 25.3 Å². The monoisotopic (exact) mass is 587 g/mol. The maximum Gasteiger partial charge on any atom is 0.264 e. The molecule has 0 unspecified atom stereocenters. The van der Waals surface area contributed by atoms with Crippen molar-refractivity contribution in [3.8, 4) is 0 Å². The van der Waals surface area contributed by atoms with Crippen LogP contribution in [0.25, 0.3) is 0 Å². The van der Waals surface area contributed by atoms with Gasteiger partial charge >= 0.3 is 0 Å². The minimum Gasteiger partial charge on any atom is -0.394 e. The second-order valence-electron chi connectivity index (χ2n) is 10.8. The lowest BCUT2D eigenvalue weighted by atomic mass is 9.83. The summed E-state index contributed by atoms with van der Waals surface area (Å²) >= 11 is 6.30. The van der Waals surface area contributed by atoms with Gasteiger partial charge in [-0.15, -0.1) is 0 Å². The number of anilines is 2. The predicted octanol–water partition coefficient (Wildman–Crippen LogP) is 4.89. The second-order valence-corrected chi connectivity index (χ2v) is 11.3. The summed E-state index contributed by atoms with van der Waals surface area (Å²) in [6.07, 6.45) is 5.14. The van der Waals surface area contributed by atoms with E-state index in [1.807, 2.05) is 18.2 Å². The van der Waals surface area contributed by atoms with Gasteiger partial charge in [0.25, 0.3) is 11.8 Å². The average Bonchev–Trinajstić information content (AvgIpc) is 3.56. The molecule has 3 amide bonds. The van der Waals surface area contributed by atoms with E-state index in [0.717, 1.165) is 18.4 Å². The number of halogens is 1. The van der Waals surface area contributed by atoms with Gasteiger partial charge in [0, 0.05) is 40.7 Å².